The summed E-state index contributed by atoms with van der Waals surface area (Å²) in [5.74, 6) is 0.875. The molecule has 0 saturated heterocycles. The molecule has 0 aliphatic carbocycles. The van der Waals surface area contributed by atoms with E-state index >= 15 is 0 Å². The normalized spacial score (nSPS) is 12.8. The molecule has 2 N–H and O–H groups in total. The summed E-state index contributed by atoms with van der Waals surface area (Å²) in [6.07, 6.45) is 0. The van der Waals surface area contributed by atoms with Crippen molar-refractivity contribution in [3.8, 4) is 5.75 Å². The van der Waals surface area contributed by atoms with Crippen molar-refractivity contribution in [3.05, 3.63) is 36.6 Å². The van der Waals surface area contributed by atoms with Crippen LogP contribution in [0.2, 0.25) is 0 Å². The Kier molecular flexibility index (Phi) is 3.69. The van der Waals surface area contributed by atoms with Crippen LogP contribution in [0.15, 0.2) is 22.0 Å². The molecule has 0 bridgehead atoms. The number of thiophene rings is 2. The van der Waals surface area contributed by atoms with Crippen molar-refractivity contribution in [2.24, 2.45) is 5.73 Å². The molecule has 0 aliphatic rings. The summed E-state index contributed by atoms with van der Waals surface area (Å²) in [7, 11) is 1.67. The van der Waals surface area contributed by atoms with Gasteiger partial charge in [-0.15, -0.1) is 22.7 Å². The third-order valence-electron chi connectivity index (χ3n) is 2.34. The van der Waals surface area contributed by atoms with Gasteiger partial charge >= 0.3 is 0 Å². The summed E-state index contributed by atoms with van der Waals surface area (Å²) in [5, 5.41) is 2.00. The molecule has 16 heavy (non-hydrogen) atoms. The highest BCUT2D eigenvalue weighted by Crippen LogP contribution is 2.38. The lowest BCUT2D eigenvalue weighted by Crippen LogP contribution is -2.09. The zero-order valence-corrected chi connectivity index (χ0v) is 12.2. The van der Waals surface area contributed by atoms with Crippen molar-refractivity contribution in [3.63, 3.8) is 0 Å². The molecule has 2 rings (SSSR count). The molecule has 5 heteroatoms. The molecule has 0 saturated carbocycles. The first-order valence-corrected chi connectivity index (χ1v) is 7.25. The van der Waals surface area contributed by atoms with Crippen LogP contribution < -0.4 is 10.5 Å². The molecule has 0 aliphatic heterocycles. The Labute approximate surface area is 111 Å². The van der Waals surface area contributed by atoms with Gasteiger partial charge in [-0.1, -0.05) is 0 Å². The summed E-state index contributed by atoms with van der Waals surface area (Å²) < 4.78 is 6.41. The lowest BCUT2D eigenvalue weighted by atomic mass is 10.2. The number of halogens is 1. The standard InChI is InChI=1S/C11H12BrNOS2/c1-6-7(12)5-9(16-6)10(13)11-8(14-2)3-4-15-11/h3-5,10H,13H2,1-2H3. The van der Waals surface area contributed by atoms with Gasteiger partial charge in [0, 0.05) is 14.2 Å². The van der Waals surface area contributed by atoms with Gasteiger partial charge in [0.1, 0.15) is 5.75 Å². The van der Waals surface area contributed by atoms with Crippen LogP contribution in [0.5, 0.6) is 5.75 Å². The zero-order chi connectivity index (χ0) is 11.7. The van der Waals surface area contributed by atoms with Gasteiger partial charge in [-0.05, 0) is 40.4 Å². The van der Waals surface area contributed by atoms with Crippen molar-refractivity contribution in [2.75, 3.05) is 7.11 Å². The molecule has 2 heterocycles. The Morgan fingerprint density at radius 1 is 1.50 bits per heavy atom. The van der Waals surface area contributed by atoms with E-state index in [9.17, 15) is 0 Å². The van der Waals surface area contributed by atoms with Crippen LogP contribution in [0.4, 0.5) is 0 Å². The number of hydrogen-bond donors (Lipinski definition) is 1. The fourth-order valence-corrected chi connectivity index (χ4v) is 4.00. The summed E-state index contributed by atoms with van der Waals surface area (Å²) in [5.41, 5.74) is 6.24. The van der Waals surface area contributed by atoms with Crippen LogP contribution in [-0.2, 0) is 0 Å². The molecule has 86 valence electrons. The quantitative estimate of drug-likeness (QED) is 0.930. The average molecular weight is 318 g/mol. The lowest BCUT2D eigenvalue weighted by molar-refractivity contribution is 0.411. The van der Waals surface area contributed by atoms with E-state index in [2.05, 4.69) is 28.9 Å². The molecule has 1 unspecified atom stereocenters. The third-order valence-corrected chi connectivity index (χ3v) is 5.54. The third kappa shape index (κ3) is 2.18. The van der Waals surface area contributed by atoms with Crippen molar-refractivity contribution < 1.29 is 4.74 Å². The largest absolute Gasteiger partial charge is 0.496 e. The molecule has 2 nitrogen and oxygen atoms in total. The Morgan fingerprint density at radius 2 is 2.25 bits per heavy atom. The topological polar surface area (TPSA) is 35.2 Å². The van der Waals surface area contributed by atoms with Gasteiger partial charge in [0.2, 0.25) is 0 Å². The summed E-state index contributed by atoms with van der Waals surface area (Å²) in [6, 6.07) is 3.95. The number of rotatable bonds is 3. The molecular formula is C11H12BrNOS2. The van der Waals surface area contributed by atoms with Gasteiger partial charge in [-0.3, -0.25) is 0 Å². The SMILES string of the molecule is COc1ccsc1C(N)c1cc(Br)c(C)s1. The van der Waals surface area contributed by atoms with E-state index in [0.29, 0.717) is 0 Å². The molecule has 0 spiro atoms. The number of nitrogens with two attached hydrogens (primary N) is 1. The van der Waals surface area contributed by atoms with E-state index in [0.717, 1.165) is 20.0 Å². The van der Waals surface area contributed by atoms with E-state index in [1.165, 1.54) is 4.88 Å². The van der Waals surface area contributed by atoms with Crippen molar-refractivity contribution >= 4 is 38.6 Å². The predicted octanol–water partition coefficient (Wildman–Crippen LogP) is 3.94. The van der Waals surface area contributed by atoms with Crippen molar-refractivity contribution in [1.82, 2.24) is 0 Å². The predicted molar refractivity (Wildman–Crippen MR) is 73.7 cm³/mol. The maximum absolute atomic E-state index is 6.24. The zero-order valence-electron chi connectivity index (χ0n) is 8.99. The Bertz CT molecular complexity index is 472. The lowest BCUT2D eigenvalue weighted by Gasteiger charge is -2.09. The molecule has 0 radical (unpaired) electrons. The minimum Gasteiger partial charge on any atom is -0.496 e. The molecule has 0 amide bonds. The highest BCUT2D eigenvalue weighted by atomic mass is 79.9. The molecular weight excluding hydrogens is 306 g/mol. The molecule has 0 fully saturated rings. The highest BCUT2D eigenvalue weighted by molar-refractivity contribution is 9.10. The van der Waals surface area contributed by atoms with E-state index in [-0.39, 0.29) is 6.04 Å². The molecule has 1 atom stereocenters. The van der Waals surface area contributed by atoms with Crippen molar-refractivity contribution in [1.29, 1.82) is 0 Å². The van der Waals surface area contributed by atoms with E-state index < -0.39 is 0 Å². The van der Waals surface area contributed by atoms with E-state index in [1.807, 2.05) is 11.4 Å². The Morgan fingerprint density at radius 3 is 2.81 bits per heavy atom. The number of methoxy groups -OCH3 is 1. The fraction of sp³-hybridized carbons (Fsp3) is 0.273. The maximum atomic E-state index is 6.24. The van der Waals surface area contributed by atoms with E-state index in [4.69, 9.17) is 10.5 Å². The number of ether oxygens (including phenoxy) is 1. The van der Waals surface area contributed by atoms with Gasteiger partial charge in [0.05, 0.1) is 18.0 Å². The van der Waals surface area contributed by atoms with Gasteiger partial charge in [-0.25, -0.2) is 0 Å². The van der Waals surface area contributed by atoms with Gasteiger partial charge in [0.25, 0.3) is 0 Å². The summed E-state index contributed by atoms with van der Waals surface area (Å²) >= 11 is 6.86. The van der Waals surface area contributed by atoms with Crippen LogP contribution in [0.25, 0.3) is 0 Å². The van der Waals surface area contributed by atoms with Crippen molar-refractivity contribution in [2.45, 2.75) is 13.0 Å². The van der Waals surface area contributed by atoms with Gasteiger partial charge in [0.15, 0.2) is 0 Å². The Hall–Kier alpha value is -0.360. The van der Waals surface area contributed by atoms with Crippen LogP contribution >= 0.6 is 38.6 Å². The van der Waals surface area contributed by atoms with Crippen LogP contribution in [0.1, 0.15) is 20.7 Å². The fourth-order valence-electron chi connectivity index (χ4n) is 1.47. The molecule has 2 aromatic rings. The van der Waals surface area contributed by atoms with Crippen LogP contribution in [0.3, 0.4) is 0 Å². The Balaban J connectivity index is 2.35. The second kappa shape index (κ2) is 4.87. The molecule has 0 aromatic carbocycles. The first-order chi connectivity index (χ1) is 7.63. The number of aryl methyl sites for hydroxylation is 1. The first-order valence-electron chi connectivity index (χ1n) is 4.76. The minimum atomic E-state index is -0.0926. The highest BCUT2D eigenvalue weighted by Gasteiger charge is 2.18. The average Bonchev–Trinajstić information content (AvgIpc) is 2.85. The second-order valence-electron chi connectivity index (χ2n) is 3.38. The summed E-state index contributed by atoms with van der Waals surface area (Å²) in [4.78, 5) is 3.49. The minimum absolute atomic E-state index is 0.0926. The summed E-state index contributed by atoms with van der Waals surface area (Å²) in [6.45, 7) is 2.08. The second-order valence-corrected chi connectivity index (χ2v) is 6.47. The van der Waals surface area contributed by atoms with Gasteiger partial charge in [-0.2, -0.15) is 0 Å². The number of hydrogen-bond acceptors (Lipinski definition) is 4. The van der Waals surface area contributed by atoms with E-state index in [1.54, 1.807) is 29.8 Å². The maximum Gasteiger partial charge on any atom is 0.134 e. The van der Waals surface area contributed by atoms with Gasteiger partial charge < -0.3 is 10.5 Å². The smallest absolute Gasteiger partial charge is 0.134 e. The first kappa shape index (κ1) is 12.1. The van der Waals surface area contributed by atoms with Crippen LogP contribution in [-0.4, -0.2) is 7.11 Å². The monoisotopic (exact) mass is 317 g/mol. The van der Waals surface area contributed by atoms with Crippen LogP contribution in [0, 0.1) is 6.92 Å². The molecule has 2 aromatic heterocycles.